The maximum Gasteiger partial charge on any atom is 0.0502 e. The molecule has 0 N–H and O–H groups in total. The molecule has 0 aromatic rings. The van der Waals surface area contributed by atoms with Gasteiger partial charge in [0.2, 0.25) is 0 Å². The second kappa shape index (κ2) is 6.49. The Labute approximate surface area is 92.7 Å². The fourth-order valence-corrected chi connectivity index (χ4v) is 2.13. The van der Waals surface area contributed by atoms with E-state index in [9.17, 15) is 0 Å². The van der Waals surface area contributed by atoms with Crippen molar-refractivity contribution >= 4 is 12.6 Å². The monoisotopic (exact) mass is 215 g/mol. The first-order valence-corrected chi connectivity index (χ1v) is 5.88. The van der Waals surface area contributed by atoms with E-state index in [2.05, 4.69) is 24.1 Å². The Hall–Kier alpha value is 0.01000. The lowest BCUT2D eigenvalue weighted by Gasteiger charge is -2.32. The number of thiol groups is 1. The van der Waals surface area contributed by atoms with Crippen molar-refractivity contribution in [2.24, 2.45) is 5.92 Å². The Morgan fingerprint density at radius 1 is 1.64 bits per heavy atom. The predicted molar refractivity (Wildman–Crippen MR) is 64.0 cm³/mol. The highest BCUT2D eigenvalue weighted by Gasteiger charge is 2.19. The lowest BCUT2D eigenvalue weighted by atomic mass is 9.99. The summed E-state index contributed by atoms with van der Waals surface area (Å²) in [5.41, 5.74) is 1.21. The van der Waals surface area contributed by atoms with Gasteiger partial charge in [0.05, 0.1) is 6.61 Å². The van der Waals surface area contributed by atoms with E-state index < -0.39 is 0 Å². The topological polar surface area (TPSA) is 12.5 Å². The first-order chi connectivity index (χ1) is 6.76. The molecular formula is C11H21NOS. The summed E-state index contributed by atoms with van der Waals surface area (Å²) in [6.07, 6.45) is 2.59. The van der Waals surface area contributed by atoms with Crippen LogP contribution in [0.3, 0.4) is 0 Å². The molecule has 1 heterocycles. The van der Waals surface area contributed by atoms with Gasteiger partial charge in [-0.2, -0.15) is 12.6 Å². The van der Waals surface area contributed by atoms with E-state index in [0.717, 1.165) is 25.4 Å². The molecule has 14 heavy (non-hydrogen) atoms. The quantitative estimate of drug-likeness (QED) is 0.555. The molecule has 0 aromatic carbocycles. The minimum atomic E-state index is 0.710. The van der Waals surface area contributed by atoms with E-state index in [4.69, 9.17) is 4.74 Å². The summed E-state index contributed by atoms with van der Waals surface area (Å²) >= 11 is 4.23. The molecule has 1 fully saturated rings. The molecule has 0 saturated carbocycles. The third kappa shape index (κ3) is 4.03. The SMILES string of the molecule is C=C(CS)CN1CCCC(COC)C1. The fourth-order valence-electron chi connectivity index (χ4n) is 2.03. The highest BCUT2D eigenvalue weighted by Crippen LogP contribution is 2.17. The van der Waals surface area contributed by atoms with Gasteiger partial charge in [0, 0.05) is 26.0 Å². The van der Waals surface area contributed by atoms with Gasteiger partial charge in [-0.3, -0.25) is 4.90 Å². The molecule has 1 unspecified atom stereocenters. The van der Waals surface area contributed by atoms with Gasteiger partial charge in [-0.1, -0.05) is 12.2 Å². The van der Waals surface area contributed by atoms with Gasteiger partial charge < -0.3 is 4.74 Å². The Morgan fingerprint density at radius 2 is 2.43 bits per heavy atom. The average Bonchev–Trinajstić information content (AvgIpc) is 2.19. The van der Waals surface area contributed by atoms with E-state index in [1.165, 1.54) is 25.0 Å². The number of methoxy groups -OCH3 is 1. The van der Waals surface area contributed by atoms with Crippen molar-refractivity contribution < 1.29 is 4.74 Å². The second-order valence-electron chi connectivity index (χ2n) is 4.11. The van der Waals surface area contributed by atoms with E-state index >= 15 is 0 Å². The highest BCUT2D eigenvalue weighted by molar-refractivity contribution is 7.80. The van der Waals surface area contributed by atoms with Crippen molar-refractivity contribution in [3.05, 3.63) is 12.2 Å². The first-order valence-electron chi connectivity index (χ1n) is 5.25. The summed E-state index contributed by atoms with van der Waals surface area (Å²) in [7, 11) is 1.78. The molecule has 0 amide bonds. The molecule has 0 bridgehead atoms. The molecule has 82 valence electrons. The Balaban J connectivity index is 2.28. The Morgan fingerprint density at radius 3 is 3.07 bits per heavy atom. The lowest BCUT2D eigenvalue weighted by molar-refractivity contribution is 0.0950. The molecule has 1 atom stereocenters. The predicted octanol–water partition coefficient (Wildman–Crippen LogP) is 1.83. The number of nitrogens with zero attached hydrogens (tertiary/aromatic N) is 1. The number of piperidine rings is 1. The Kier molecular flexibility index (Phi) is 5.60. The van der Waals surface area contributed by atoms with E-state index in [1.54, 1.807) is 7.11 Å². The number of ether oxygens (including phenoxy) is 1. The molecule has 0 aliphatic carbocycles. The molecule has 1 rings (SSSR count). The van der Waals surface area contributed by atoms with Crippen LogP contribution in [0.2, 0.25) is 0 Å². The largest absolute Gasteiger partial charge is 0.384 e. The molecule has 0 radical (unpaired) electrons. The van der Waals surface area contributed by atoms with Gasteiger partial charge in [0.25, 0.3) is 0 Å². The van der Waals surface area contributed by atoms with Crippen molar-refractivity contribution in [1.82, 2.24) is 4.90 Å². The smallest absolute Gasteiger partial charge is 0.0502 e. The Bertz CT molecular complexity index is 182. The molecule has 3 heteroatoms. The molecule has 0 spiro atoms. The molecule has 1 saturated heterocycles. The van der Waals surface area contributed by atoms with Crippen molar-refractivity contribution in [3.8, 4) is 0 Å². The number of hydrogen-bond acceptors (Lipinski definition) is 3. The van der Waals surface area contributed by atoms with E-state index in [1.807, 2.05) is 0 Å². The van der Waals surface area contributed by atoms with Crippen LogP contribution in [0.1, 0.15) is 12.8 Å². The summed E-state index contributed by atoms with van der Waals surface area (Å²) in [4.78, 5) is 2.46. The molecule has 2 nitrogen and oxygen atoms in total. The van der Waals surface area contributed by atoms with Gasteiger partial charge >= 0.3 is 0 Å². The van der Waals surface area contributed by atoms with Crippen LogP contribution in [0, 0.1) is 5.92 Å². The van der Waals surface area contributed by atoms with Crippen LogP contribution in [-0.2, 0) is 4.74 Å². The third-order valence-electron chi connectivity index (χ3n) is 2.68. The zero-order valence-electron chi connectivity index (χ0n) is 9.04. The average molecular weight is 215 g/mol. The minimum Gasteiger partial charge on any atom is -0.384 e. The molecule has 1 aliphatic heterocycles. The summed E-state index contributed by atoms with van der Waals surface area (Å²) in [5.74, 6) is 1.51. The van der Waals surface area contributed by atoms with Crippen LogP contribution in [0.4, 0.5) is 0 Å². The van der Waals surface area contributed by atoms with E-state index in [-0.39, 0.29) is 0 Å². The standard InChI is InChI=1S/C11H21NOS/c1-10(9-14)6-12-5-3-4-11(7-12)8-13-2/h11,14H,1,3-9H2,2H3. The van der Waals surface area contributed by atoms with Crippen LogP contribution in [0.25, 0.3) is 0 Å². The number of rotatable bonds is 5. The summed E-state index contributed by atoms with van der Waals surface area (Å²) < 4.78 is 5.20. The maximum atomic E-state index is 5.20. The molecule has 0 aromatic heterocycles. The molecule has 1 aliphatic rings. The van der Waals surface area contributed by atoms with Crippen LogP contribution >= 0.6 is 12.6 Å². The zero-order valence-corrected chi connectivity index (χ0v) is 9.93. The van der Waals surface area contributed by atoms with Gasteiger partial charge in [0.1, 0.15) is 0 Å². The number of hydrogen-bond donors (Lipinski definition) is 1. The summed E-state index contributed by atoms with van der Waals surface area (Å²) in [6, 6.07) is 0. The minimum absolute atomic E-state index is 0.710. The fraction of sp³-hybridized carbons (Fsp3) is 0.818. The van der Waals surface area contributed by atoms with Gasteiger partial charge in [0.15, 0.2) is 0 Å². The highest BCUT2D eigenvalue weighted by atomic mass is 32.1. The zero-order chi connectivity index (χ0) is 10.4. The van der Waals surface area contributed by atoms with Crippen LogP contribution in [0.5, 0.6) is 0 Å². The van der Waals surface area contributed by atoms with Crippen LogP contribution < -0.4 is 0 Å². The van der Waals surface area contributed by atoms with E-state index in [0.29, 0.717) is 5.92 Å². The summed E-state index contributed by atoms with van der Waals surface area (Å²) in [5, 5.41) is 0. The number of likely N-dealkylation sites (tertiary alicyclic amines) is 1. The van der Waals surface area contributed by atoms with Crippen molar-refractivity contribution in [3.63, 3.8) is 0 Å². The first kappa shape index (κ1) is 12.1. The van der Waals surface area contributed by atoms with Crippen molar-refractivity contribution in [2.75, 3.05) is 39.1 Å². The third-order valence-corrected chi connectivity index (χ3v) is 3.12. The van der Waals surface area contributed by atoms with Gasteiger partial charge in [-0.15, -0.1) is 0 Å². The summed E-state index contributed by atoms with van der Waals surface area (Å²) in [6.45, 7) is 8.24. The van der Waals surface area contributed by atoms with Crippen LogP contribution in [0.15, 0.2) is 12.2 Å². The van der Waals surface area contributed by atoms with Gasteiger partial charge in [-0.25, -0.2) is 0 Å². The second-order valence-corrected chi connectivity index (χ2v) is 4.42. The lowest BCUT2D eigenvalue weighted by Crippen LogP contribution is -2.38. The van der Waals surface area contributed by atoms with Crippen molar-refractivity contribution in [2.45, 2.75) is 12.8 Å². The van der Waals surface area contributed by atoms with Crippen molar-refractivity contribution in [1.29, 1.82) is 0 Å². The van der Waals surface area contributed by atoms with Crippen LogP contribution in [-0.4, -0.2) is 44.0 Å². The maximum absolute atomic E-state index is 5.20. The normalized spacial score (nSPS) is 23.7. The molecular weight excluding hydrogens is 194 g/mol. The van der Waals surface area contributed by atoms with Gasteiger partial charge in [-0.05, 0) is 25.3 Å².